The number of nitrogens with two attached hydrogens (primary N) is 1. The van der Waals surface area contributed by atoms with Gasteiger partial charge in [0.2, 0.25) is 5.70 Å². The van der Waals surface area contributed by atoms with Gasteiger partial charge in [-0.05, 0) is 31.0 Å². The molecule has 1 unspecified atom stereocenters. The van der Waals surface area contributed by atoms with Crippen LogP contribution >= 0.6 is 11.6 Å². The minimum atomic E-state index is -0.284. The molecule has 3 aliphatic rings. The Hall–Kier alpha value is -3.16. The van der Waals surface area contributed by atoms with E-state index < -0.39 is 0 Å². The molecule has 0 bridgehead atoms. The maximum Gasteiger partial charge on any atom is 0.266 e. The van der Waals surface area contributed by atoms with Gasteiger partial charge >= 0.3 is 0 Å². The molecule has 0 saturated heterocycles. The Morgan fingerprint density at radius 1 is 1.06 bits per heavy atom. The second-order valence-electron chi connectivity index (χ2n) is 8.47. The van der Waals surface area contributed by atoms with E-state index in [0.29, 0.717) is 23.7 Å². The fourth-order valence-corrected chi connectivity index (χ4v) is 4.84. The summed E-state index contributed by atoms with van der Waals surface area (Å²) >= 11 is 6.74. The number of amidine groups is 1. The predicted octanol–water partition coefficient (Wildman–Crippen LogP) is 4.54. The Bertz CT molecular complexity index is 1370. The number of benzene rings is 2. The lowest BCUT2D eigenvalue weighted by Gasteiger charge is -2.31. The summed E-state index contributed by atoms with van der Waals surface area (Å²) in [6.07, 6.45) is 6.33. The number of aliphatic hydroxyl groups is 1. The molecule has 1 atom stereocenters. The Balaban J connectivity index is 1.48. The van der Waals surface area contributed by atoms with Crippen molar-refractivity contribution in [1.29, 1.82) is 0 Å². The zero-order chi connectivity index (χ0) is 21.9. The number of aromatic nitrogens is 1. The molecule has 0 spiro atoms. The zero-order valence-corrected chi connectivity index (χ0v) is 17.9. The summed E-state index contributed by atoms with van der Waals surface area (Å²) in [6, 6.07) is 18.0. The van der Waals surface area contributed by atoms with Gasteiger partial charge in [-0.15, -0.1) is 4.59 Å². The number of hydrogen-bond donors (Lipinski definition) is 2. The standard InChI is InChI=1S/C25H21ClN5O/c26-20-12-16-6-7-21(15-4-2-1-3-5-15)29-22(16)13-19(20)25-30-24(17-10-18(32)11-17)23-14-28-8-9-31(23,25)27/h1-9,12-14,17-18,32H,10-11,27H2/q+1. The molecule has 32 heavy (non-hydrogen) atoms. The molecule has 7 heteroatoms. The lowest BCUT2D eigenvalue weighted by molar-refractivity contribution is -0.750. The number of hydrogen-bond acceptors (Lipinski definition) is 5. The van der Waals surface area contributed by atoms with Gasteiger partial charge in [-0.3, -0.25) is 4.99 Å². The van der Waals surface area contributed by atoms with Crippen molar-refractivity contribution < 1.29 is 9.70 Å². The fourth-order valence-electron chi connectivity index (χ4n) is 4.58. The molecule has 6 nitrogen and oxygen atoms in total. The molecule has 3 heterocycles. The Kier molecular flexibility index (Phi) is 4.38. The van der Waals surface area contributed by atoms with Crippen LogP contribution in [0, 0.1) is 5.92 Å². The largest absolute Gasteiger partial charge is 0.393 e. The van der Waals surface area contributed by atoms with Crippen LogP contribution in [0.5, 0.6) is 0 Å². The van der Waals surface area contributed by atoms with E-state index in [1.807, 2.05) is 60.8 Å². The minimum Gasteiger partial charge on any atom is -0.393 e. The van der Waals surface area contributed by atoms with Crippen molar-refractivity contribution in [2.75, 3.05) is 0 Å². The molecule has 0 radical (unpaired) electrons. The molecule has 1 aromatic heterocycles. The third kappa shape index (κ3) is 2.96. The van der Waals surface area contributed by atoms with Gasteiger partial charge in [0.1, 0.15) is 11.9 Å². The third-order valence-electron chi connectivity index (χ3n) is 6.41. The number of quaternary nitrogens is 1. The molecule has 2 aromatic carbocycles. The van der Waals surface area contributed by atoms with E-state index in [4.69, 9.17) is 27.4 Å². The smallest absolute Gasteiger partial charge is 0.266 e. The average Bonchev–Trinajstić information content (AvgIpc) is 3.09. The molecule has 0 amide bonds. The summed E-state index contributed by atoms with van der Waals surface area (Å²) in [6.45, 7) is 0. The van der Waals surface area contributed by atoms with Crippen molar-refractivity contribution in [2.45, 2.75) is 18.9 Å². The van der Waals surface area contributed by atoms with Gasteiger partial charge in [-0.2, -0.15) is 10.8 Å². The lowest BCUT2D eigenvalue weighted by Crippen LogP contribution is -2.53. The maximum absolute atomic E-state index is 9.82. The van der Waals surface area contributed by atoms with Gasteiger partial charge in [-0.1, -0.05) is 48.0 Å². The van der Waals surface area contributed by atoms with E-state index in [0.717, 1.165) is 39.1 Å². The first kappa shape index (κ1) is 19.5. The van der Waals surface area contributed by atoms with Crippen LogP contribution in [0.3, 0.4) is 0 Å². The number of aliphatic hydroxyl groups excluding tert-OH is 1. The van der Waals surface area contributed by atoms with E-state index in [-0.39, 0.29) is 16.6 Å². The number of halogens is 1. The average molecular weight is 443 g/mol. The highest BCUT2D eigenvalue weighted by atomic mass is 35.5. The van der Waals surface area contributed by atoms with Crippen LogP contribution in [-0.2, 0) is 0 Å². The van der Waals surface area contributed by atoms with Gasteiger partial charge in [0.05, 0.1) is 40.3 Å². The fraction of sp³-hybridized carbons (Fsp3) is 0.160. The van der Waals surface area contributed by atoms with Gasteiger partial charge < -0.3 is 5.11 Å². The zero-order valence-electron chi connectivity index (χ0n) is 17.2. The summed E-state index contributed by atoms with van der Waals surface area (Å²) in [5, 5.41) is 11.3. The highest BCUT2D eigenvalue weighted by molar-refractivity contribution is 6.34. The van der Waals surface area contributed by atoms with Gasteiger partial charge in [0.25, 0.3) is 5.84 Å². The second kappa shape index (κ2) is 7.18. The molecular formula is C25H21ClN5O+. The first-order valence-electron chi connectivity index (χ1n) is 10.6. The van der Waals surface area contributed by atoms with Crippen molar-refractivity contribution in [3.8, 4) is 11.3 Å². The molecule has 158 valence electrons. The van der Waals surface area contributed by atoms with Gasteiger partial charge in [0, 0.05) is 16.9 Å². The Labute approximate surface area is 190 Å². The quantitative estimate of drug-likeness (QED) is 0.461. The van der Waals surface area contributed by atoms with Crippen molar-refractivity contribution in [2.24, 2.45) is 21.7 Å². The topological polar surface area (TPSA) is 83.9 Å². The summed E-state index contributed by atoms with van der Waals surface area (Å²) < 4.78 is -0.0883. The summed E-state index contributed by atoms with van der Waals surface area (Å²) in [7, 11) is 0. The van der Waals surface area contributed by atoms with Crippen LogP contribution in [0.4, 0.5) is 0 Å². The molecule has 2 aliphatic heterocycles. The number of rotatable bonds is 3. The number of aliphatic imine (C=N–C) groups is 2. The molecular weight excluding hydrogens is 422 g/mol. The number of fused-ring (bicyclic) bond motifs is 2. The van der Waals surface area contributed by atoms with E-state index in [1.54, 1.807) is 12.4 Å². The number of allylic oxidation sites excluding steroid dienone is 2. The highest BCUT2D eigenvalue weighted by Crippen LogP contribution is 2.43. The normalized spacial score (nSPS) is 26.3. The van der Waals surface area contributed by atoms with Crippen LogP contribution < -0.4 is 5.84 Å². The molecule has 6 rings (SSSR count). The molecule has 1 aliphatic carbocycles. The monoisotopic (exact) mass is 442 g/mol. The van der Waals surface area contributed by atoms with E-state index in [1.165, 1.54) is 0 Å². The molecule has 1 fully saturated rings. The molecule has 3 aromatic rings. The van der Waals surface area contributed by atoms with E-state index >= 15 is 0 Å². The molecule has 3 N–H and O–H groups in total. The third-order valence-corrected chi connectivity index (χ3v) is 6.72. The Morgan fingerprint density at radius 2 is 1.88 bits per heavy atom. The van der Waals surface area contributed by atoms with Crippen LogP contribution in [0.15, 0.2) is 88.4 Å². The van der Waals surface area contributed by atoms with Crippen molar-refractivity contribution in [3.63, 3.8) is 0 Å². The second-order valence-corrected chi connectivity index (χ2v) is 8.88. The highest BCUT2D eigenvalue weighted by Gasteiger charge is 2.48. The van der Waals surface area contributed by atoms with Crippen LogP contribution in [-0.4, -0.2) is 32.8 Å². The number of nitrogens with zero attached hydrogens (tertiary/aromatic N) is 4. The van der Waals surface area contributed by atoms with E-state index in [2.05, 4.69) is 4.99 Å². The summed E-state index contributed by atoms with van der Waals surface area (Å²) in [5.74, 6) is 7.65. The number of pyridine rings is 1. The van der Waals surface area contributed by atoms with Crippen LogP contribution in [0.1, 0.15) is 18.4 Å². The summed E-state index contributed by atoms with van der Waals surface area (Å²) in [4.78, 5) is 14.1. The molecule has 1 saturated carbocycles. The maximum atomic E-state index is 9.82. The first-order valence-corrected chi connectivity index (χ1v) is 11.0. The SMILES string of the molecule is N[N+]12C=CN=CC1=C(C1CC(O)C1)N=C2c1cc2nc(-c3ccccc3)ccc2cc1Cl. The summed E-state index contributed by atoms with van der Waals surface area (Å²) in [5.41, 5.74) is 5.21. The van der Waals surface area contributed by atoms with Crippen molar-refractivity contribution in [1.82, 2.24) is 4.98 Å². The predicted molar refractivity (Wildman–Crippen MR) is 127 cm³/mol. The van der Waals surface area contributed by atoms with E-state index in [9.17, 15) is 5.11 Å². The first-order chi connectivity index (χ1) is 15.5. The van der Waals surface area contributed by atoms with Gasteiger partial charge in [0.15, 0.2) is 0 Å². The van der Waals surface area contributed by atoms with Crippen molar-refractivity contribution >= 4 is 34.6 Å². The van der Waals surface area contributed by atoms with Crippen LogP contribution in [0.25, 0.3) is 22.2 Å². The van der Waals surface area contributed by atoms with Crippen LogP contribution in [0.2, 0.25) is 5.02 Å². The van der Waals surface area contributed by atoms with Gasteiger partial charge in [-0.25, -0.2) is 4.98 Å². The van der Waals surface area contributed by atoms with Crippen molar-refractivity contribution in [3.05, 3.63) is 89.0 Å². The lowest BCUT2D eigenvalue weighted by atomic mass is 9.79. The Morgan fingerprint density at radius 3 is 2.66 bits per heavy atom. The minimum absolute atomic E-state index is 0.0883.